The summed E-state index contributed by atoms with van der Waals surface area (Å²) in [6.07, 6.45) is 1.05. The molecule has 2 rings (SSSR count). The molecule has 0 bridgehead atoms. The fourth-order valence-electron chi connectivity index (χ4n) is 2.32. The van der Waals surface area contributed by atoms with Crippen LogP contribution in [0.2, 0.25) is 0 Å². The Bertz CT molecular complexity index is 640. The molecule has 24 heavy (non-hydrogen) atoms. The molecule has 1 unspecified atom stereocenters. The van der Waals surface area contributed by atoms with Gasteiger partial charge in [-0.3, -0.25) is 0 Å². The summed E-state index contributed by atoms with van der Waals surface area (Å²) in [4.78, 5) is 4.56. The van der Waals surface area contributed by atoms with Crippen molar-refractivity contribution in [2.45, 2.75) is 23.2 Å². The highest BCUT2D eigenvalue weighted by atomic mass is 32.2. The van der Waals surface area contributed by atoms with Crippen LogP contribution in [0.3, 0.4) is 0 Å². The molecular formula is C13H27NO3S6Si. The van der Waals surface area contributed by atoms with E-state index < -0.39 is 0 Å². The highest BCUT2D eigenvalue weighted by molar-refractivity contribution is 7.83. The Morgan fingerprint density at radius 1 is 1.00 bits per heavy atom. The third-order valence-electron chi connectivity index (χ3n) is 3.45. The third-order valence-corrected chi connectivity index (χ3v) is 6.08. The van der Waals surface area contributed by atoms with Crippen LogP contribution in [0.25, 0.3) is 10.2 Å². The lowest BCUT2D eigenvalue weighted by Crippen LogP contribution is -2.05. The molecule has 0 aliphatic carbocycles. The molecule has 0 radical (unpaired) electrons. The summed E-state index contributed by atoms with van der Waals surface area (Å²) < 4.78 is 18.3. The van der Waals surface area contributed by atoms with Gasteiger partial charge in [-0.1, -0.05) is 13.3 Å². The number of thiol groups is 1. The first-order valence-corrected chi connectivity index (χ1v) is 8.82. The molecule has 0 amide bonds. The van der Waals surface area contributed by atoms with E-state index in [4.69, 9.17) is 14.2 Å². The first-order valence-electron chi connectivity index (χ1n) is 6.40. The molecule has 142 valence electrons. The SMILES string of the molecule is CCC([SiH3])c1c(OC)c(OC)c(OC)c2sc(S)nc12.S.S.S.S. The molecule has 1 atom stereocenters. The van der Waals surface area contributed by atoms with Gasteiger partial charge in [0.15, 0.2) is 11.5 Å². The maximum atomic E-state index is 5.61. The topological polar surface area (TPSA) is 40.6 Å². The zero-order chi connectivity index (χ0) is 14.9. The maximum Gasteiger partial charge on any atom is 0.205 e. The second kappa shape index (κ2) is 12.8. The molecule has 0 N–H and O–H groups in total. The van der Waals surface area contributed by atoms with Crippen molar-refractivity contribution in [1.82, 2.24) is 4.98 Å². The normalized spacial score (nSPS) is 10.5. The molecule has 1 aromatic heterocycles. The molecule has 1 heterocycles. The first-order chi connectivity index (χ1) is 9.58. The Kier molecular flexibility index (Phi) is 15.6. The van der Waals surface area contributed by atoms with Gasteiger partial charge in [0.05, 0.1) is 26.8 Å². The van der Waals surface area contributed by atoms with E-state index in [1.165, 1.54) is 11.3 Å². The molecular weight excluding hydrogens is 439 g/mol. The summed E-state index contributed by atoms with van der Waals surface area (Å²) in [6, 6.07) is 0. The highest BCUT2D eigenvalue weighted by Gasteiger charge is 2.26. The van der Waals surface area contributed by atoms with Crippen LogP contribution in [0.4, 0.5) is 0 Å². The minimum absolute atomic E-state index is 0. The Morgan fingerprint density at radius 2 is 1.50 bits per heavy atom. The summed E-state index contributed by atoms with van der Waals surface area (Å²) in [6.45, 7) is 2.17. The summed E-state index contributed by atoms with van der Waals surface area (Å²) in [5.41, 5.74) is 2.49. The smallest absolute Gasteiger partial charge is 0.205 e. The molecule has 11 heteroatoms. The largest absolute Gasteiger partial charge is 0.492 e. The number of benzene rings is 1. The van der Waals surface area contributed by atoms with Gasteiger partial charge >= 0.3 is 0 Å². The van der Waals surface area contributed by atoms with Gasteiger partial charge in [-0.15, -0.1) is 24.0 Å². The van der Waals surface area contributed by atoms with Crippen LogP contribution in [-0.2, 0) is 0 Å². The van der Waals surface area contributed by atoms with E-state index in [0.717, 1.165) is 42.5 Å². The maximum absolute atomic E-state index is 5.61. The molecule has 0 saturated carbocycles. The summed E-state index contributed by atoms with van der Waals surface area (Å²) >= 11 is 5.88. The van der Waals surface area contributed by atoms with Gasteiger partial charge < -0.3 is 14.2 Å². The summed E-state index contributed by atoms with van der Waals surface area (Å²) in [5.74, 6) is 2.05. The van der Waals surface area contributed by atoms with Crippen molar-refractivity contribution < 1.29 is 14.2 Å². The number of thiazole rings is 1. The van der Waals surface area contributed by atoms with Gasteiger partial charge in [0.1, 0.15) is 9.04 Å². The zero-order valence-electron chi connectivity index (χ0n) is 14.3. The molecule has 0 fully saturated rings. The van der Waals surface area contributed by atoms with E-state index >= 15 is 0 Å². The van der Waals surface area contributed by atoms with E-state index in [2.05, 4.69) is 24.5 Å². The number of hydrogen-bond acceptors (Lipinski definition) is 6. The van der Waals surface area contributed by atoms with Crippen molar-refractivity contribution in [2.75, 3.05) is 21.3 Å². The third kappa shape index (κ3) is 5.24. The van der Waals surface area contributed by atoms with Gasteiger partial charge in [-0.2, -0.15) is 54.0 Å². The second-order valence-electron chi connectivity index (χ2n) is 4.50. The van der Waals surface area contributed by atoms with Gasteiger partial charge in [0, 0.05) is 15.8 Å². The molecule has 0 aliphatic rings. The van der Waals surface area contributed by atoms with E-state index in [9.17, 15) is 0 Å². The minimum atomic E-state index is 0. The van der Waals surface area contributed by atoms with Crippen molar-refractivity contribution in [1.29, 1.82) is 0 Å². The average molecular weight is 466 g/mol. The van der Waals surface area contributed by atoms with Crippen LogP contribution >= 0.6 is 77.9 Å². The Morgan fingerprint density at radius 3 is 1.92 bits per heavy atom. The van der Waals surface area contributed by atoms with Gasteiger partial charge in [0.2, 0.25) is 5.75 Å². The van der Waals surface area contributed by atoms with Crippen molar-refractivity contribution in [3.8, 4) is 17.2 Å². The average Bonchev–Trinajstić information content (AvgIpc) is 2.84. The van der Waals surface area contributed by atoms with Crippen LogP contribution in [0, 0.1) is 0 Å². The second-order valence-corrected chi connectivity index (χ2v) is 7.62. The highest BCUT2D eigenvalue weighted by Crippen LogP contribution is 2.50. The molecule has 0 aliphatic heterocycles. The standard InChI is InChI=1S/C13H19NO3S2Si.4H2S/c1-5-6(20)7-8-12(19-13(18)14-8)11(17-4)10(16-3)9(7)15-2;;;;/h6H,5H2,1-4,20H3,(H,14,18);4*1H2. The monoisotopic (exact) mass is 465 g/mol. The fourth-order valence-corrected chi connectivity index (χ4v) is 4.07. The lowest BCUT2D eigenvalue weighted by molar-refractivity contribution is 0.325. The number of fused-ring (bicyclic) bond motifs is 1. The van der Waals surface area contributed by atoms with E-state index in [1.807, 2.05) is 0 Å². The minimum Gasteiger partial charge on any atom is -0.492 e. The van der Waals surface area contributed by atoms with E-state index in [0.29, 0.717) is 17.0 Å². The number of aromatic nitrogens is 1. The summed E-state index contributed by atoms with van der Waals surface area (Å²) in [5, 5.41) is 0. The number of methoxy groups -OCH3 is 3. The number of nitrogens with zero attached hydrogens (tertiary/aromatic N) is 1. The molecule has 2 aromatic rings. The van der Waals surface area contributed by atoms with Crippen molar-refractivity contribution in [3.63, 3.8) is 0 Å². The Hall–Kier alpha value is 0.477. The fraction of sp³-hybridized carbons (Fsp3) is 0.462. The zero-order valence-corrected chi connectivity index (χ0v) is 22.0. The molecule has 4 nitrogen and oxygen atoms in total. The Balaban J connectivity index is -0.00000110. The van der Waals surface area contributed by atoms with Crippen LogP contribution in [0.5, 0.6) is 17.2 Å². The quantitative estimate of drug-likeness (QED) is 0.544. The number of hydrogen-bond donors (Lipinski definition) is 1. The predicted octanol–water partition coefficient (Wildman–Crippen LogP) is 2.88. The van der Waals surface area contributed by atoms with Crippen molar-refractivity contribution in [3.05, 3.63) is 5.56 Å². The Labute approximate surface area is 184 Å². The van der Waals surface area contributed by atoms with E-state index in [-0.39, 0.29) is 54.0 Å². The summed E-state index contributed by atoms with van der Waals surface area (Å²) in [7, 11) is 5.94. The molecule has 1 aromatic carbocycles. The molecule has 0 spiro atoms. The van der Waals surface area contributed by atoms with Crippen LogP contribution in [0.15, 0.2) is 4.34 Å². The first kappa shape index (κ1) is 29.2. The number of rotatable bonds is 5. The van der Waals surface area contributed by atoms with Crippen molar-refractivity contribution in [2.24, 2.45) is 0 Å². The van der Waals surface area contributed by atoms with Gasteiger partial charge in [0.25, 0.3) is 0 Å². The van der Waals surface area contributed by atoms with Crippen LogP contribution in [-0.4, -0.2) is 36.6 Å². The molecule has 0 saturated heterocycles. The van der Waals surface area contributed by atoms with Crippen molar-refractivity contribution >= 4 is 98.4 Å². The lowest BCUT2D eigenvalue weighted by Gasteiger charge is -2.20. The van der Waals surface area contributed by atoms with Gasteiger partial charge in [-0.25, -0.2) is 4.98 Å². The predicted molar refractivity (Wildman–Crippen MR) is 131 cm³/mol. The number of ether oxygens (including phenoxy) is 3. The van der Waals surface area contributed by atoms with Crippen LogP contribution < -0.4 is 14.2 Å². The lowest BCUT2D eigenvalue weighted by atomic mass is 10.1. The van der Waals surface area contributed by atoms with E-state index in [1.54, 1.807) is 21.3 Å². The van der Waals surface area contributed by atoms with Gasteiger partial charge in [-0.05, 0) is 5.54 Å². The van der Waals surface area contributed by atoms with Crippen LogP contribution in [0.1, 0.15) is 24.4 Å².